The number of hydrogen-bond acceptors (Lipinski definition) is 7. The number of carbonyl (C=O) groups excluding carboxylic acids is 2. The number of nitrogens with zero attached hydrogens (tertiary/aromatic N) is 3. The van der Waals surface area contributed by atoms with E-state index in [1.165, 1.54) is 19.1 Å². The molecule has 35 heavy (non-hydrogen) atoms. The van der Waals surface area contributed by atoms with Crippen LogP contribution in [0.5, 0.6) is 0 Å². The van der Waals surface area contributed by atoms with E-state index in [0.717, 1.165) is 11.3 Å². The average Bonchev–Trinajstić information content (AvgIpc) is 3.42. The molecule has 8 heteroatoms. The second kappa shape index (κ2) is 9.61. The highest BCUT2D eigenvalue weighted by molar-refractivity contribution is 6.06. The van der Waals surface area contributed by atoms with E-state index in [1.807, 2.05) is 54.2 Å². The Hall–Kier alpha value is -4.77. The second-order valence-corrected chi connectivity index (χ2v) is 7.85. The summed E-state index contributed by atoms with van der Waals surface area (Å²) in [6.07, 6.45) is 3.79. The summed E-state index contributed by atoms with van der Waals surface area (Å²) in [6, 6.07) is 20.4. The van der Waals surface area contributed by atoms with Crippen LogP contribution in [0, 0.1) is 18.3 Å². The van der Waals surface area contributed by atoms with Gasteiger partial charge in [0.25, 0.3) is 0 Å². The van der Waals surface area contributed by atoms with Crippen molar-refractivity contribution in [3.63, 3.8) is 0 Å². The third kappa shape index (κ3) is 3.93. The fourth-order valence-electron chi connectivity index (χ4n) is 4.39. The first-order chi connectivity index (χ1) is 16.9. The number of esters is 2. The zero-order valence-corrected chi connectivity index (χ0v) is 19.6. The highest BCUT2D eigenvalue weighted by Gasteiger charge is 2.43. The van der Waals surface area contributed by atoms with Crippen molar-refractivity contribution in [1.82, 2.24) is 4.57 Å². The van der Waals surface area contributed by atoms with Crippen LogP contribution in [0.15, 0.2) is 95.7 Å². The largest absolute Gasteiger partial charge is 0.466 e. The van der Waals surface area contributed by atoms with E-state index in [2.05, 4.69) is 6.07 Å². The Labute approximate surface area is 203 Å². The van der Waals surface area contributed by atoms with Crippen LogP contribution in [-0.2, 0) is 19.1 Å². The lowest BCUT2D eigenvalue weighted by molar-refractivity contribution is -0.139. The fourth-order valence-corrected chi connectivity index (χ4v) is 4.39. The van der Waals surface area contributed by atoms with Gasteiger partial charge in [-0.15, -0.1) is 0 Å². The summed E-state index contributed by atoms with van der Waals surface area (Å²) in [4.78, 5) is 27.8. The first-order valence-corrected chi connectivity index (χ1v) is 10.8. The number of rotatable bonds is 5. The molecule has 1 unspecified atom stereocenters. The molecule has 0 radical (unpaired) electrons. The molecule has 0 fully saturated rings. The van der Waals surface area contributed by atoms with Crippen LogP contribution in [0.1, 0.15) is 17.0 Å². The molecule has 4 rings (SSSR count). The van der Waals surface area contributed by atoms with E-state index in [0.29, 0.717) is 11.3 Å². The minimum atomic E-state index is -0.910. The van der Waals surface area contributed by atoms with E-state index in [9.17, 15) is 14.9 Å². The van der Waals surface area contributed by atoms with Crippen molar-refractivity contribution in [3.05, 3.63) is 107 Å². The van der Waals surface area contributed by atoms with Crippen LogP contribution in [0.25, 0.3) is 5.69 Å². The molecule has 0 bridgehead atoms. The standard InChI is InChI=1S/C27H24N4O4/c1-17-20(30-14-7-8-15-30)12-9-13-21(17)31-24(27(33)35-3)23(26(32)34-2)22(19(16-28)25(31)29)18-10-5-4-6-11-18/h4-15,22H,29H2,1-3H3. The Bertz CT molecular complexity index is 1380. The van der Waals surface area contributed by atoms with Gasteiger partial charge in [0.2, 0.25) is 0 Å². The summed E-state index contributed by atoms with van der Waals surface area (Å²) in [6.45, 7) is 1.87. The smallest absolute Gasteiger partial charge is 0.355 e. The molecule has 0 amide bonds. The molecule has 1 aliphatic heterocycles. The van der Waals surface area contributed by atoms with Crippen LogP contribution < -0.4 is 10.6 Å². The summed E-state index contributed by atoms with van der Waals surface area (Å²) < 4.78 is 12.1. The van der Waals surface area contributed by atoms with Crippen LogP contribution in [0.4, 0.5) is 5.69 Å². The van der Waals surface area contributed by atoms with E-state index < -0.39 is 17.9 Å². The van der Waals surface area contributed by atoms with Crippen LogP contribution >= 0.6 is 0 Å². The molecule has 0 saturated carbocycles. The Kier molecular flexibility index (Phi) is 6.42. The molecule has 1 aliphatic rings. The van der Waals surface area contributed by atoms with Gasteiger partial charge in [-0.3, -0.25) is 4.90 Å². The number of hydrogen-bond donors (Lipinski definition) is 1. The molecule has 0 saturated heterocycles. The lowest BCUT2D eigenvalue weighted by atomic mass is 9.80. The highest BCUT2D eigenvalue weighted by Crippen LogP contribution is 2.44. The van der Waals surface area contributed by atoms with Crippen molar-refractivity contribution in [2.75, 3.05) is 19.1 Å². The van der Waals surface area contributed by atoms with E-state index in [4.69, 9.17) is 15.2 Å². The molecule has 1 aromatic heterocycles. The first kappa shape index (κ1) is 23.4. The van der Waals surface area contributed by atoms with Gasteiger partial charge in [0.1, 0.15) is 11.5 Å². The van der Waals surface area contributed by atoms with Gasteiger partial charge in [-0.05, 0) is 42.3 Å². The zero-order valence-electron chi connectivity index (χ0n) is 19.6. The third-order valence-corrected chi connectivity index (χ3v) is 6.01. The normalized spacial score (nSPS) is 15.6. The number of aromatic nitrogens is 1. The summed E-state index contributed by atoms with van der Waals surface area (Å²) in [7, 11) is 2.45. The predicted molar refractivity (Wildman–Crippen MR) is 130 cm³/mol. The maximum Gasteiger partial charge on any atom is 0.355 e. The Morgan fingerprint density at radius 3 is 2.14 bits per heavy atom. The molecule has 0 spiro atoms. The minimum Gasteiger partial charge on any atom is -0.466 e. The molecule has 2 aromatic carbocycles. The molecule has 2 N–H and O–H groups in total. The van der Waals surface area contributed by atoms with Crippen molar-refractivity contribution in [2.45, 2.75) is 12.8 Å². The number of ether oxygens (including phenoxy) is 2. The summed E-state index contributed by atoms with van der Waals surface area (Å²) in [5.74, 6) is -2.42. The monoisotopic (exact) mass is 468 g/mol. The lowest BCUT2D eigenvalue weighted by Gasteiger charge is -2.36. The van der Waals surface area contributed by atoms with Crippen molar-refractivity contribution in [2.24, 2.45) is 5.73 Å². The molecule has 1 atom stereocenters. The maximum absolute atomic E-state index is 13.2. The number of benzene rings is 2. The summed E-state index contributed by atoms with van der Waals surface area (Å²) in [5.41, 5.74) is 9.35. The van der Waals surface area contributed by atoms with Gasteiger partial charge in [0.15, 0.2) is 0 Å². The number of allylic oxidation sites excluding steroid dienone is 1. The topological polar surface area (TPSA) is 111 Å². The Morgan fingerprint density at radius 1 is 0.914 bits per heavy atom. The van der Waals surface area contributed by atoms with Crippen LogP contribution in [0.3, 0.4) is 0 Å². The third-order valence-electron chi connectivity index (χ3n) is 6.01. The van der Waals surface area contributed by atoms with E-state index in [-0.39, 0.29) is 22.7 Å². The van der Waals surface area contributed by atoms with Crippen LogP contribution in [-0.4, -0.2) is 30.7 Å². The maximum atomic E-state index is 13.2. The molecule has 176 valence electrons. The quantitative estimate of drug-likeness (QED) is 0.569. The molecular formula is C27H24N4O4. The zero-order chi connectivity index (χ0) is 25.1. The van der Waals surface area contributed by atoms with Crippen molar-refractivity contribution < 1.29 is 19.1 Å². The van der Waals surface area contributed by atoms with E-state index in [1.54, 1.807) is 30.3 Å². The molecule has 2 heterocycles. The molecule has 0 aliphatic carbocycles. The van der Waals surface area contributed by atoms with Gasteiger partial charge >= 0.3 is 11.9 Å². The number of nitriles is 1. The number of methoxy groups -OCH3 is 2. The Balaban J connectivity index is 2.07. The average molecular weight is 469 g/mol. The molecular weight excluding hydrogens is 444 g/mol. The lowest BCUT2D eigenvalue weighted by Crippen LogP contribution is -2.41. The van der Waals surface area contributed by atoms with Gasteiger partial charge in [-0.2, -0.15) is 5.26 Å². The van der Waals surface area contributed by atoms with Gasteiger partial charge in [0, 0.05) is 18.1 Å². The van der Waals surface area contributed by atoms with Crippen molar-refractivity contribution in [1.29, 1.82) is 5.26 Å². The summed E-state index contributed by atoms with van der Waals surface area (Å²) >= 11 is 0. The fraction of sp³-hybridized carbons (Fsp3) is 0.148. The van der Waals surface area contributed by atoms with Gasteiger partial charge in [-0.25, -0.2) is 9.59 Å². The SMILES string of the molecule is COC(=O)C1=C(C(=O)OC)N(c2cccc(-n3cccc3)c2C)C(N)=C(C#N)C1c1ccccc1. The highest BCUT2D eigenvalue weighted by atomic mass is 16.5. The van der Waals surface area contributed by atoms with Crippen molar-refractivity contribution >= 4 is 17.6 Å². The minimum absolute atomic E-state index is 0.0259. The predicted octanol–water partition coefficient (Wildman–Crippen LogP) is 3.68. The first-order valence-electron chi connectivity index (χ1n) is 10.8. The Morgan fingerprint density at radius 2 is 1.54 bits per heavy atom. The number of nitrogens with two attached hydrogens (primary N) is 1. The number of carbonyl (C=O) groups is 2. The van der Waals surface area contributed by atoms with Gasteiger partial charge in [-0.1, -0.05) is 36.4 Å². The van der Waals surface area contributed by atoms with Crippen LogP contribution in [0.2, 0.25) is 0 Å². The number of anilines is 1. The van der Waals surface area contributed by atoms with E-state index >= 15 is 0 Å². The second-order valence-electron chi connectivity index (χ2n) is 7.85. The molecule has 3 aromatic rings. The summed E-state index contributed by atoms with van der Waals surface area (Å²) in [5, 5.41) is 10.2. The van der Waals surface area contributed by atoms with Crippen molar-refractivity contribution in [3.8, 4) is 11.8 Å². The van der Waals surface area contributed by atoms with Gasteiger partial charge in [0.05, 0.1) is 43.0 Å². The van der Waals surface area contributed by atoms with Gasteiger partial charge < -0.3 is 19.8 Å². The molecule has 8 nitrogen and oxygen atoms in total.